The van der Waals surface area contributed by atoms with Crippen LogP contribution in [0.3, 0.4) is 0 Å². The smallest absolute Gasteiger partial charge is 0.150 e. The van der Waals surface area contributed by atoms with E-state index in [0.29, 0.717) is 0 Å². The maximum Gasteiger partial charge on any atom is 0.150 e. The second kappa shape index (κ2) is 7.15. The van der Waals surface area contributed by atoms with E-state index in [0.717, 1.165) is 30.3 Å². The fourth-order valence-electron chi connectivity index (χ4n) is 3.12. The van der Waals surface area contributed by atoms with Crippen LogP contribution in [0.2, 0.25) is 0 Å². The predicted octanol–water partition coefficient (Wildman–Crippen LogP) is 6.38. The van der Waals surface area contributed by atoms with Crippen molar-refractivity contribution in [3.8, 4) is 0 Å². The Balaban J connectivity index is 2.51. The van der Waals surface area contributed by atoms with Crippen LogP contribution in [-0.4, -0.2) is 6.29 Å². The molecule has 2 aromatic rings. The molecule has 0 bridgehead atoms. The lowest BCUT2D eigenvalue weighted by Gasteiger charge is -2.28. The van der Waals surface area contributed by atoms with E-state index in [4.69, 9.17) is 0 Å². The van der Waals surface area contributed by atoms with Crippen molar-refractivity contribution in [3.05, 3.63) is 69.8 Å². The fourth-order valence-corrected chi connectivity index (χ4v) is 3.12. The molecule has 0 saturated heterocycles. The van der Waals surface area contributed by atoms with Crippen LogP contribution in [0, 0.1) is 6.92 Å². The third kappa shape index (κ3) is 4.81. The average Bonchev–Trinajstić information content (AvgIpc) is 2.53. The van der Waals surface area contributed by atoms with Gasteiger partial charge in [0.05, 0.1) is 0 Å². The monoisotopic (exact) mass is 336 g/mol. The highest BCUT2D eigenvalue weighted by Gasteiger charge is 2.22. The minimum Gasteiger partial charge on any atom is -0.298 e. The Bertz CT molecular complexity index is 760. The zero-order chi connectivity index (χ0) is 18.8. The molecule has 1 nitrogen and oxygen atoms in total. The second-order valence-electron chi connectivity index (χ2n) is 8.95. The van der Waals surface area contributed by atoms with Crippen LogP contribution in [-0.2, 0) is 17.3 Å². The highest BCUT2D eigenvalue weighted by molar-refractivity contribution is 5.75. The number of aldehydes is 1. The quantitative estimate of drug-likeness (QED) is 0.579. The van der Waals surface area contributed by atoms with Gasteiger partial charge in [-0.2, -0.15) is 0 Å². The van der Waals surface area contributed by atoms with Crippen LogP contribution in [0.1, 0.15) is 86.1 Å². The summed E-state index contributed by atoms with van der Waals surface area (Å²) in [5.74, 6) is 0. The first-order valence-corrected chi connectivity index (χ1v) is 9.26. The summed E-state index contributed by atoms with van der Waals surface area (Å²) < 4.78 is 0. The Morgan fingerprint density at radius 3 is 2.00 bits per heavy atom. The van der Waals surface area contributed by atoms with E-state index >= 15 is 0 Å². The van der Waals surface area contributed by atoms with Crippen molar-refractivity contribution in [2.45, 2.75) is 72.1 Å². The molecule has 0 heterocycles. The molecule has 0 spiro atoms. The van der Waals surface area contributed by atoms with Crippen LogP contribution < -0.4 is 0 Å². The summed E-state index contributed by atoms with van der Waals surface area (Å²) in [5, 5.41) is 0. The van der Waals surface area contributed by atoms with Gasteiger partial charge in [0.15, 0.2) is 0 Å². The van der Waals surface area contributed by atoms with Gasteiger partial charge in [-0.3, -0.25) is 4.79 Å². The van der Waals surface area contributed by atoms with Crippen LogP contribution in [0.15, 0.2) is 36.4 Å². The molecule has 2 aromatic carbocycles. The summed E-state index contributed by atoms with van der Waals surface area (Å²) >= 11 is 0. The Morgan fingerprint density at radius 2 is 1.44 bits per heavy atom. The van der Waals surface area contributed by atoms with Gasteiger partial charge in [0, 0.05) is 5.56 Å². The summed E-state index contributed by atoms with van der Waals surface area (Å²) in [6.45, 7) is 15.7. The number of rotatable bonds is 5. The molecule has 0 aliphatic carbocycles. The Hall–Kier alpha value is -1.89. The van der Waals surface area contributed by atoms with Gasteiger partial charge in [0.2, 0.25) is 0 Å². The number of aryl methyl sites for hydroxylation is 1. The van der Waals surface area contributed by atoms with Crippen molar-refractivity contribution in [2.75, 3.05) is 0 Å². The molecule has 0 unspecified atom stereocenters. The SMILES string of the molecule is CCC(C)(C)c1cc(Cc2cc(C)cc(C=O)c2)cc(C(C)(C)C)c1. The van der Waals surface area contributed by atoms with Crippen molar-refractivity contribution in [1.29, 1.82) is 0 Å². The lowest BCUT2D eigenvalue weighted by Crippen LogP contribution is -2.19. The number of hydrogen-bond donors (Lipinski definition) is 0. The zero-order valence-electron chi connectivity index (χ0n) is 16.9. The molecule has 0 fully saturated rings. The predicted molar refractivity (Wildman–Crippen MR) is 108 cm³/mol. The minimum absolute atomic E-state index is 0.120. The number of carbonyl (C=O) groups excluding carboxylic acids is 1. The lowest BCUT2D eigenvalue weighted by molar-refractivity contribution is 0.112. The van der Waals surface area contributed by atoms with Crippen molar-refractivity contribution in [2.24, 2.45) is 0 Å². The number of hydrogen-bond acceptors (Lipinski definition) is 1. The van der Waals surface area contributed by atoms with Crippen molar-refractivity contribution in [1.82, 2.24) is 0 Å². The van der Waals surface area contributed by atoms with Crippen molar-refractivity contribution in [3.63, 3.8) is 0 Å². The summed E-state index contributed by atoms with van der Waals surface area (Å²) in [6, 6.07) is 13.2. The molecule has 0 aliphatic heterocycles. The van der Waals surface area contributed by atoms with Gasteiger partial charge in [-0.05, 0) is 65.0 Å². The molecule has 0 radical (unpaired) electrons. The summed E-state index contributed by atoms with van der Waals surface area (Å²) in [6.07, 6.45) is 2.91. The fraction of sp³-hybridized carbons (Fsp3) is 0.458. The van der Waals surface area contributed by atoms with E-state index in [1.165, 1.54) is 22.3 Å². The molecule has 0 aliphatic rings. The number of benzene rings is 2. The molecule has 0 aromatic heterocycles. The van der Waals surface area contributed by atoms with E-state index in [2.05, 4.69) is 65.8 Å². The second-order valence-corrected chi connectivity index (χ2v) is 8.95. The third-order valence-electron chi connectivity index (χ3n) is 5.23. The van der Waals surface area contributed by atoms with Gasteiger partial charge < -0.3 is 0 Å². The van der Waals surface area contributed by atoms with Gasteiger partial charge >= 0.3 is 0 Å². The minimum atomic E-state index is 0.120. The first kappa shape index (κ1) is 19.4. The van der Waals surface area contributed by atoms with Gasteiger partial charge in [0.25, 0.3) is 0 Å². The third-order valence-corrected chi connectivity index (χ3v) is 5.23. The summed E-state index contributed by atoms with van der Waals surface area (Å²) in [7, 11) is 0. The standard InChI is InChI=1S/C24H32O/c1-8-24(6,7)22-14-19(13-21(15-22)23(3,4)5)11-18-9-17(2)10-20(12-18)16-25/h9-10,12-16H,8,11H2,1-7H3. The van der Waals surface area contributed by atoms with E-state index in [-0.39, 0.29) is 10.8 Å². The molecule has 0 saturated carbocycles. The zero-order valence-corrected chi connectivity index (χ0v) is 16.9. The van der Waals surface area contributed by atoms with Gasteiger partial charge in [-0.25, -0.2) is 0 Å². The van der Waals surface area contributed by atoms with Crippen LogP contribution in [0.4, 0.5) is 0 Å². The van der Waals surface area contributed by atoms with E-state index in [1.54, 1.807) is 0 Å². The van der Waals surface area contributed by atoms with Gasteiger partial charge in [-0.15, -0.1) is 0 Å². The van der Waals surface area contributed by atoms with E-state index in [9.17, 15) is 4.79 Å². The molecular formula is C24H32O. The maximum absolute atomic E-state index is 11.2. The Kier molecular flexibility index (Phi) is 5.56. The molecule has 2 rings (SSSR count). The molecule has 25 heavy (non-hydrogen) atoms. The first-order chi connectivity index (χ1) is 11.5. The Labute approximate surface area is 153 Å². The largest absolute Gasteiger partial charge is 0.298 e. The Morgan fingerprint density at radius 1 is 0.840 bits per heavy atom. The lowest BCUT2D eigenvalue weighted by atomic mass is 9.77. The van der Waals surface area contributed by atoms with Crippen LogP contribution in [0.5, 0.6) is 0 Å². The maximum atomic E-state index is 11.2. The molecule has 1 heteroatoms. The van der Waals surface area contributed by atoms with Gasteiger partial charge in [0.1, 0.15) is 6.29 Å². The van der Waals surface area contributed by atoms with E-state index < -0.39 is 0 Å². The highest BCUT2D eigenvalue weighted by atomic mass is 16.1. The van der Waals surface area contributed by atoms with Crippen LogP contribution >= 0.6 is 0 Å². The number of carbonyl (C=O) groups is 1. The van der Waals surface area contributed by atoms with E-state index in [1.807, 2.05) is 19.1 Å². The highest BCUT2D eigenvalue weighted by Crippen LogP contribution is 2.33. The molecule has 0 atom stereocenters. The average molecular weight is 337 g/mol. The van der Waals surface area contributed by atoms with Crippen LogP contribution in [0.25, 0.3) is 0 Å². The summed E-state index contributed by atoms with van der Waals surface area (Å²) in [4.78, 5) is 11.2. The molecule has 134 valence electrons. The summed E-state index contributed by atoms with van der Waals surface area (Å²) in [5.41, 5.74) is 7.49. The topological polar surface area (TPSA) is 17.1 Å². The molecule has 0 amide bonds. The van der Waals surface area contributed by atoms with Crippen molar-refractivity contribution < 1.29 is 4.79 Å². The molecule has 0 N–H and O–H groups in total. The molecular weight excluding hydrogens is 304 g/mol. The van der Waals surface area contributed by atoms with Gasteiger partial charge in [-0.1, -0.05) is 71.4 Å². The normalized spacial score (nSPS) is 12.3. The first-order valence-electron chi connectivity index (χ1n) is 9.26. The van der Waals surface area contributed by atoms with Crippen molar-refractivity contribution >= 4 is 6.29 Å².